The van der Waals surface area contributed by atoms with Crippen LogP contribution in [0.25, 0.3) is 0 Å². The third kappa shape index (κ3) is 10.5. The van der Waals surface area contributed by atoms with Crippen molar-refractivity contribution < 1.29 is 41.0 Å². The smallest absolute Gasteiger partial charge is 0.475 e. The fourth-order valence-corrected chi connectivity index (χ4v) is 5.42. The molecule has 2 aliphatic heterocycles. The number of alkyl halides is 3. The molecule has 0 unspecified atom stereocenters. The normalized spacial score (nSPS) is 20.3. The number of nitrogens with one attached hydrogen (secondary N) is 3. The van der Waals surface area contributed by atoms with Gasteiger partial charge in [0.15, 0.2) is 0 Å². The average molecular weight is 655 g/mol. The monoisotopic (exact) mass is 654 g/mol. The zero-order chi connectivity index (χ0) is 31.8. The second kappa shape index (κ2) is 15.0. The van der Waals surface area contributed by atoms with Gasteiger partial charge < -0.3 is 25.8 Å². The summed E-state index contributed by atoms with van der Waals surface area (Å²) < 4.78 is 63.3. The van der Waals surface area contributed by atoms with Gasteiger partial charge in [0.25, 0.3) is 5.91 Å². The van der Waals surface area contributed by atoms with Crippen molar-refractivity contribution in [2.24, 2.45) is 0 Å². The first-order valence-corrected chi connectivity index (χ1v) is 15.2. The number of carbonyl (C=O) groups is 2. The number of carbonyl (C=O) groups excluding carboxylic acids is 1. The molecule has 3 heterocycles. The Morgan fingerprint density at radius 1 is 1.23 bits per heavy atom. The van der Waals surface area contributed by atoms with E-state index in [4.69, 9.17) is 32.0 Å². The highest BCUT2D eigenvalue weighted by Crippen LogP contribution is 2.27. The number of benzene rings is 1. The molecule has 0 aliphatic carbocycles. The number of morpholine rings is 1. The number of hydrogen-bond donors (Lipinski definition) is 5. The van der Waals surface area contributed by atoms with Crippen LogP contribution in [0.1, 0.15) is 18.4 Å². The Balaban J connectivity index is 0.000000646. The number of carboxylic acids is 1. The van der Waals surface area contributed by atoms with Gasteiger partial charge in [-0.15, -0.1) is 5.10 Å². The molecule has 6 N–H and O–H groups in total. The number of nitrogen functional groups attached to an aromatic ring is 1. The summed E-state index contributed by atoms with van der Waals surface area (Å²) in [6, 6.07) is 8.12. The molecular weight excluding hydrogens is 621 g/mol. The lowest BCUT2D eigenvalue weighted by molar-refractivity contribution is -0.192. The van der Waals surface area contributed by atoms with E-state index in [1.165, 1.54) is 7.05 Å². The Bertz CT molecular complexity index is 1320. The molecule has 0 radical (unpaired) electrons. The Kier molecular flexibility index (Phi) is 12.0. The van der Waals surface area contributed by atoms with Crippen molar-refractivity contribution in [1.82, 2.24) is 30.1 Å². The molecule has 14 nitrogen and oxygen atoms in total. The van der Waals surface area contributed by atoms with E-state index in [0.29, 0.717) is 30.1 Å². The fourth-order valence-electron chi connectivity index (χ4n) is 4.72. The number of aliphatic carboxylic acids is 1. The largest absolute Gasteiger partial charge is 0.490 e. The van der Waals surface area contributed by atoms with Crippen molar-refractivity contribution in [3.63, 3.8) is 0 Å². The standard InChI is InChI=1S/C22H33ClN8O4S.C2HF3O2/c1-25-36(33,34)11-8-26-20(32)19-13-31(18(14-35-19)12-15-2-4-16(23)5-3-15)17-6-9-30(10-7-17)22-27-21(24)28-29-22;3-2(4,5)1(6)7/h2-5,17-19,25H,6-14H2,1H3,(H,26,32)(H3,24,27,28,29);(H,6,7)/t18-,19+;/m0./s1. The summed E-state index contributed by atoms with van der Waals surface area (Å²) in [5.74, 6) is -2.36. The number of nitrogens with zero attached hydrogens (tertiary/aromatic N) is 4. The van der Waals surface area contributed by atoms with E-state index >= 15 is 0 Å². The van der Waals surface area contributed by atoms with Gasteiger partial charge in [0.2, 0.25) is 21.9 Å². The van der Waals surface area contributed by atoms with E-state index in [-0.39, 0.29) is 30.3 Å². The first kappa shape index (κ1) is 34.3. The molecule has 1 amide bonds. The van der Waals surface area contributed by atoms with Crippen molar-refractivity contribution in [1.29, 1.82) is 0 Å². The molecule has 2 fully saturated rings. The Labute approximate surface area is 251 Å². The number of nitrogens with two attached hydrogens (primary N) is 1. The van der Waals surface area contributed by atoms with Gasteiger partial charge in [-0.2, -0.15) is 18.2 Å². The molecule has 2 aliphatic rings. The summed E-state index contributed by atoms with van der Waals surface area (Å²) in [5, 5.41) is 17.4. The maximum absolute atomic E-state index is 12.8. The molecule has 0 saturated carbocycles. The second-order valence-corrected chi connectivity index (χ2v) is 12.3. The SMILES string of the molecule is CNS(=O)(=O)CCNC(=O)[C@H]1CN(C2CCN(c3n[nH]c(N)n3)CC2)[C@@H](Cc2ccc(Cl)cc2)CO1.O=C(O)C(F)(F)F. The van der Waals surface area contributed by atoms with Crippen molar-refractivity contribution in [3.8, 4) is 0 Å². The Morgan fingerprint density at radius 3 is 2.40 bits per heavy atom. The summed E-state index contributed by atoms with van der Waals surface area (Å²) in [6.45, 7) is 2.39. The van der Waals surface area contributed by atoms with Gasteiger partial charge in [-0.1, -0.05) is 23.7 Å². The van der Waals surface area contributed by atoms with Gasteiger partial charge in [-0.05, 0) is 44.0 Å². The topological polar surface area (TPSA) is 196 Å². The number of aromatic nitrogens is 3. The highest BCUT2D eigenvalue weighted by Gasteiger charge is 2.39. The number of ether oxygens (including phenoxy) is 1. The van der Waals surface area contributed by atoms with Gasteiger partial charge in [-0.25, -0.2) is 23.0 Å². The van der Waals surface area contributed by atoms with Gasteiger partial charge in [0.05, 0.1) is 12.4 Å². The number of hydrogen-bond acceptors (Lipinski definition) is 10. The quantitative estimate of drug-likeness (QED) is 0.254. The number of H-pyrrole nitrogens is 1. The van der Waals surface area contributed by atoms with Gasteiger partial charge in [0, 0.05) is 43.3 Å². The minimum atomic E-state index is -5.08. The molecule has 4 rings (SSSR count). The summed E-state index contributed by atoms with van der Waals surface area (Å²) in [6.07, 6.45) is -3.24. The van der Waals surface area contributed by atoms with Crippen LogP contribution in [-0.2, 0) is 30.8 Å². The molecule has 0 spiro atoms. The minimum Gasteiger partial charge on any atom is -0.475 e. The lowest BCUT2D eigenvalue weighted by Crippen LogP contribution is -2.60. The molecule has 43 heavy (non-hydrogen) atoms. The van der Waals surface area contributed by atoms with Gasteiger partial charge in [0.1, 0.15) is 6.10 Å². The van der Waals surface area contributed by atoms with Crippen LogP contribution in [0.5, 0.6) is 0 Å². The van der Waals surface area contributed by atoms with E-state index in [1.807, 2.05) is 24.3 Å². The summed E-state index contributed by atoms with van der Waals surface area (Å²) in [7, 11) is -2.05. The van der Waals surface area contributed by atoms with Crippen molar-refractivity contribution >= 4 is 45.4 Å². The van der Waals surface area contributed by atoms with E-state index < -0.39 is 28.3 Å². The van der Waals surface area contributed by atoms with Crippen LogP contribution in [0.4, 0.5) is 25.1 Å². The lowest BCUT2D eigenvalue weighted by Gasteiger charge is -2.46. The molecular formula is C24H34ClF3N8O6S. The molecule has 1 aromatic carbocycles. The number of anilines is 2. The first-order valence-electron chi connectivity index (χ1n) is 13.2. The van der Waals surface area contributed by atoms with Crippen molar-refractivity contribution in [3.05, 3.63) is 34.9 Å². The first-order chi connectivity index (χ1) is 20.2. The molecule has 19 heteroatoms. The summed E-state index contributed by atoms with van der Waals surface area (Å²) in [4.78, 5) is 30.4. The predicted molar refractivity (Wildman–Crippen MR) is 151 cm³/mol. The summed E-state index contributed by atoms with van der Waals surface area (Å²) >= 11 is 6.06. The molecule has 240 valence electrons. The number of sulfonamides is 1. The van der Waals surface area contributed by atoms with Crippen LogP contribution in [0.3, 0.4) is 0 Å². The predicted octanol–water partition coefficient (Wildman–Crippen LogP) is 0.620. The molecule has 0 bridgehead atoms. The third-order valence-corrected chi connectivity index (χ3v) is 8.56. The Hall–Kier alpha value is -3.19. The van der Waals surface area contributed by atoms with Crippen LogP contribution in [0.15, 0.2) is 24.3 Å². The van der Waals surface area contributed by atoms with Crippen LogP contribution < -0.4 is 20.7 Å². The van der Waals surface area contributed by atoms with Crippen molar-refractivity contribution in [2.75, 3.05) is 56.2 Å². The van der Waals surface area contributed by atoms with Gasteiger partial charge >= 0.3 is 12.1 Å². The number of aromatic amines is 1. The molecule has 1 aromatic heterocycles. The number of piperidine rings is 1. The Morgan fingerprint density at radius 2 is 1.86 bits per heavy atom. The van der Waals surface area contributed by atoms with Crippen LogP contribution in [-0.4, -0.2) is 115 Å². The molecule has 2 atom stereocenters. The maximum Gasteiger partial charge on any atom is 0.490 e. The van der Waals surface area contributed by atoms with Crippen LogP contribution in [0, 0.1) is 0 Å². The number of rotatable bonds is 9. The lowest BCUT2D eigenvalue weighted by atomic mass is 9.96. The van der Waals surface area contributed by atoms with Gasteiger partial charge in [-0.3, -0.25) is 9.69 Å². The van der Waals surface area contributed by atoms with Crippen molar-refractivity contribution in [2.45, 2.75) is 43.6 Å². The molecule has 2 saturated heterocycles. The summed E-state index contributed by atoms with van der Waals surface area (Å²) in [5.41, 5.74) is 6.82. The zero-order valence-electron chi connectivity index (χ0n) is 23.2. The van der Waals surface area contributed by atoms with E-state index in [1.54, 1.807) is 0 Å². The number of amides is 1. The average Bonchev–Trinajstić information content (AvgIpc) is 3.40. The van der Waals surface area contributed by atoms with E-state index in [9.17, 15) is 26.4 Å². The minimum absolute atomic E-state index is 0.0221. The fraction of sp³-hybridized carbons (Fsp3) is 0.583. The van der Waals surface area contributed by atoms with Crippen LogP contribution >= 0.6 is 11.6 Å². The second-order valence-electron chi connectivity index (χ2n) is 9.86. The van der Waals surface area contributed by atoms with Crippen LogP contribution in [0.2, 0.25) is 5.02 Å². The zero-order valence-corrected chi connectivity index (χ0v) is 24.8. The highest BCUT2D eigenvalue weighted by atomic mass is 35.5. The third-order valence-electron chi connectivity index (χ3n) is 6.94. The molecule has 2 aromatic rings. The number of carboxylic acid groups (broad SMARTS) is 1. The number of halogens is 4. The van der Waals surface area contributed by atoms with E-state index in [2.05, 4.69) is 35.0 Å². The highest BCUT2D eigenvalue weighted by molar-refractivity contribution is 7.89. The van der Waals surface area contributed by atoms with E-state index in [0.717, 1.165) is 37.9 Å². The maximum atomic E-state index is 12.8.